The average molecular weight is 224 g/mol. The van der Waals surface area contributed by atoms with Gasteiger partial charge in [-0.3, -0.25) is 9.36 Å². The van der Waals surface area contributed by atoms with Gasteiger partial charge < -0.3 is 25.5 Å². The predicted octanol–water partition coefficient (Wildman–Crippen LogP) is -2.04. The van der Waals surface area contributed by atoms with Crippen molar-refractivity contribution < 1.29 is 24.3 Å². The summed E-state index contributed by atoms with van der Waals surface area (Å²) in [5, 5.41) is 13.9. The van der Waals surface area contributed by atoms with Crippen molar-refractivity contribution in [1.82, 2.24) is 10.6 Å². The Balaban J connectivity index is 2.32. The summed E-state index contributed by atoms with van der Waals surface area (Å²) < 4.78 is 10.4. The Morgan fingerprint density at radius 1 is 1.57 bits per heavy atom. The number of carbonyl (C=O) groups excluding carboxylic acids is 1. The Bertz CT molecular complexity index is 265. The second-order valence-corrected chi connectivity index (χ2v) is 4.86. The van der Waals surface area contributed by atoms with Gasteiger partial charge in [0.1, 0.15) is 6.29 Å². The molecule has 0 radical (unpaired) electrons. The number of β-amino-alcohol motifs (C(OH)–C–C–N with tert-alkyl or cyclic N) is 1. The lowest BCUT2D eigenvalue weighted by Crippen LogP contribution is -2.40. The number of amides is 1. The topological polar surface area (TPSA) is 119 Å². The highest BCUT2D eigenvalue weighted by Gasteiger charge is 2.28. The van der Waals surface area contributed by atoms with E-state index in [4.69, 9.17) is 14.9 Å². The molecule has 0 aromatic rings. The van der Waals surface area contributed by atoms with Gasteiger partial charge in [-0.05, 0) is 6.42 Å². The Hall–Kier alpha value is -0.460. The van der Waals surface area contributed by atoms with Crippen LogP contribution >= 0.6 is 7.60 Å². The van der Waals surface area contributed by atoms with Crippen molar-refractivity contribution in [2.45, 2.75) is 18.6 Å². The van der Waals surface area contributed by atoms with Crippen LogP contribution in [-0.2, 0) is 9.36 Å². The molecule has 0 unspecified atom stereocenters. The van der Waals surface area contributed by atoms with Crippen molar-refractivity contribution in [2.75, 3.05) is 12.8 Å². The molecule has 1 saturated heterocycles. The molecule has 0 aromatic carbocycles. The quantitative estimate of drug-likeness (QED) is 0.352. The summed E-state index contributed by atoms with van der Waals surface area (Å²) in [7, 11) is -4.20. The lowest BCUT2D eigenvalue weighted by atomic mass is 10.2. The molecule has 7 nitrogen and oxygen atoms in total. The van der Waals surface area contributed by atoms with Crippen LogP contribution in [0.2, 0.25) is 0 Å². The van der Waals surface area contributed by atoms with Crippen LogP contribution in [0.5, 0.6) is 0 Å². The molecule has 2 atom stereocenters. The summed E-state index contributed by atoms with van der Waals surface area (Å²) in [4.78, 5) is 28.2. The van der Waals surface area contributed by atoms with Gasteiger partial charge in [-0.15, -0.1) is 0 Å². The molecular formula is C6H13N2O5P. The summed E-state index contributed by atoms with van der Waals surface area (Å²) in [6.45, 7) is 0.327. The minimum atomic E-state index is -4.20. The third-order valence-corrected chi connectivity index (χ3v) is 2.45. The minimum Gasteiger partial charge on any atom is -0.392 e. The first-order valence-corrected chi connectivity index (χ1v) is 5.92. The van der Waals surface area contributed by atoms with E-state index in [0.29, 0.717) is 6.54 Å². The second kappa shape index (κ2) is 4.37. The van der Waals surface area contributed by atoms with Gasteiger partial charge in [0.15, 0.2) is 0 Å². The molecule has 1 aliphatic heterocycles. The van der Waals surface area contributed by atoms with E-state index in [1.165, 1.54) is 0 Å². The molecule has 1 fully saturated rings. The van der Waals surface area contributed by atoms with E-state index in [1.54, 1.807) is 0 Å². The highest BCUT2D eigenvalue weighted by molar-refractivity contribution is 7.51. The molecule has 0 saturated carbocycles. The monoisotopic (exact) mass is 224 g/mol. The van der Waals surface area contributed by atoms with Gasteiger partial charge >= 0.3 is 7.60 Å². The summed E-state index contributed by atoms with van der Waals surface area (Å²) >= 11 is 0. The molecule has 8 heteroatoms. The fourth-order valence-corrected chi connectivity index (χ4v) is 1.58. The van der Waals surface area contributed by atoms with E-state index in [1.807, 2.05) is 0 Å². The number of hydrogen-bond donors (Lipinski definition) is 5. The molecule has 0 spiro atoms. The van der Waals surface area contributed by atoms with Crippen molar-refractivity contribution in [2.24, 2.45) is 0 Å². The zero-order valence-electron chi connectivity index (χ0n) is 7.38. The van der Waals surface area contributed by atoms with Crippen molar-refractivity contribution in [3.8, 4) is 0 Å². The zero-order chi connectivity index (χ0) is 10.8. The zero-order valence-corrected chi connectivity index (χ0v) is 8.28. The summed E-state index contributed by atoms with van der Waals surface area (Å²) in [5.74, 6) is -0.495. The summed E-state index contributed by atoms with van der Waals surface area (Å²) in [5.41, 5.74) is 0. The number of nitrogens with one attached hydrogen (secondary N) is 2. The standard InChI is InChI=1S/C6H13N2O5P/c9-4-1-5(7-2-4)6(10)8-3-14(11,12)13/h4-5,7,9H,1-3H2,(H,8,10)(H2,11,12,13)/t4-,5+/m1/s1. The van der Waals surface area contributed by atoms with Gasteiger partial charge in [-0.1, -0.05) is 0 Å². The first kappa shape index (κ1) is 11.6. The maximum atomic E-state index is 11.2. The van der Waals surface area contributed by atoms with Crippen molar-refractivity contribution in [3.05, 3.63) is 0 Å². The van der Waals surface area contributed by atoms with Crippen LogP contribution in [0, 0.1) is 0 Å². The van der Waals surface area contributed by atoms with E-state index in [-0.39, 0.29) is 6.42 Å². The highest BCUT2D eigenvalue weighted by atomic mass is 31.2. The van der Waals surface area contributed by atoms with Crippen LogP contribution in [0.3, 0.4) is 0 Å². The van der Waals surface area contributed by atoms with Gasteiger partial charge in [0.05, 0.1) is 12.1 Å². The Morgan fingerprint density at radius 2 is 2.21 bits per heavy atom. The maximum Gasteiger partial charge on any atom is 0.344 e. The smallest absolute Gasteiger partial charge is 0.344 e. The molecule has 82 valence electrons. The van der Waals surface area contributed by atoms with E-state index in [2.05, 4.69) is 10.6 Å². The van der Waals surface area contributed by atoms with E-state index < -0.39 is 31.9 Å². The molecular weight excluding hydrogens is 211 g/mol. The lowest BCUT2D eigenvalue weighted by molar-refractivity contribution is -0.122. The maximum absolute atomic E-state index is 11.2. The van der Waals surface area contributed by atoms with Crippen molar-refractivity contribution in [1.29, 1.82) is 0 Å². The summed E-state index contributed by atoms with van der Waals surface area (Å²) in [6.07, 6.45) is -0.964. The second-order valence-electron chi connectivity index (χ2n) is 3.21. The minimum absolute atomic E-state index is 0.271. The Kier molecular flexibility index (Phi) is 3.63. The van der Waals surface area contributed by atoms with Gasteiger partial charge in [0.25, 0.3) is 0 Å². The van der Waals surface area contributed by atoms with Crippen molar-refractivity contribution in [3.63, 3.8) is 0 Å². The fraction of sp³-hybridized carbons (Fsp3) is 0.833. The van der Waals surface area contributed by atoms with Crippen LogP contribution < -0.4 is 10.6 Å². The SMILES string of the molecule is O=C(NCP(=O)(O)O)[C@@H]1C[C@@H](O)CN1. The molecule has 1 aliphatic rings. The number of rotatable bonds is 3. The van der Waals surface area contributed by atoms with Crippen molar-refractivity contribution >= 4 is 13.5 Å². The molecule has 1 amide bonds. The number of aliphatic hydroxyl groups is 1. The number of carbonyl (C=O) groups is 1. The van der Waals surface area contributed by atoms with Crippen LogP contribution in [0.1, 0.15) is 6.42 Å². The van der Waals surface area contributed by atoms with E-state index >= 15 is 0 Å². The Labute approximate surface area is 80.7 Å². The first-order chi connectivity index (χ1) is 6.38. The first-order valence-electron chi connectivity index (χ1n) is 4.12. The molecule has 0 aromatic heterocycles. The molecule has 0 bridgehead atoms. The molecule has 5 N–H and O–H groups in total. The Morgan fingerprint density at radius 3 is 2.64 bits per heavy atom. The number of hydrogen-bond acceptors (Lipinski definition) is 4. The molecule has 1 heterocycles. The third-order valence-electron chi connectivity index (χ3n) is 1.88. The van der Waals surface area contributed by atoms with Crippen LogP contribution in [0.25, 0.3) is 0 Å². The average Bonchev–Trinajstić information content (AvgIpc) is 2.46. The lowest BCUT2D eigenvalue weighted by Gasteiger charge is -2.11. The van der Waals surface area contributed by atoms with Crippen LogP contribution in [0.4, 0.5) is 0 Å². The number of aliphatic hydroxyl groups excluding tert-OH is 1. The van der Waals surface area contributed by atoms with Crippen LogP contribution in [0.15, 0.2) is 0 Å². The fourth-order valence-electron chi connectivity index (χ4n) is 1.22. The third kappa shape index (κ3) is 3.73. The van der Waals surface area contributed by atoms with E-state index in [9.17, 15) is 9.36 Å². The predicted molar refractivity (Wildman–Crippen MR) is 47.5 cm³/mol. The largest absolute Gasteiger partial charge is 0.392 e. The highest BCUT2D eigenvalue weighted by Crippen LogP contribution is 2.31. The van der Waals surface area contributed by atoms with Gasteiger partial charge in [0.2, 0.25) is 5.91 Å². The van der Waals surface area contributed by atoms with E-state index in [0.717, 1.165) is 0 Å². The summed E-state index contributed by atoms with van der Waals surface area (Å²) in [6, 6.07) is -0.559. The van der Waals surface area contributed by atoms with Gasteiger partial charge in [-0.2, -0.15) is 0 Å². The molecule has 0 aliphatic carbocycles. The molecule has 14 heavy (non-hydrogen) atoms. The molecule has 1 rings (SSSR count). The van der Waals surface area contributed by atoms with Gasteiger partial charge in [0, 0.05) is 6.54 Å². The normalized spacial score (nSPS) is 27.6. The van der Waals surface area contributed by atoms with Gasteiger partial charge in [-0.25, -0.2) is 0 Å². The van der Waals surface area contributed by atoms with Crippen LogP contribution in [-0.4, -0.2) is 45.8 Å².